The molecule has 1 aromatic heterocycles. The van der Waals surface area contributed by atoms with Crippen LogP contribution in [0.5, 0.6) is 5.75 Å². The van der Waals surface area contributed by atoms with E-state index in [1.807, 2.05) is 60.7 Å². The monoisotopic (exact) mass is 428 g/mol. The van der Waals surface area contributed by atoms with Gasteiger partial charge in [0.1, 0.15) is 11.3 Å². The van der Waals surface area contributed by atoms with Gasteiger partial charge in [-0.2, -0.15) is 0 Å². The molecule has 1 N–H and O–H groups in total. The van der Waals surface area contributed by atoms with Crippen molar-refractivity contribution in [2.24, 2.45) is 0 Å². The number of rotatable bonds is 7. The molecule has 5 nitrogen and oxygen atoms in total. The average molecular weight is 429 g/mol. The Hall–Kier alpha value is -3.60. The van der Waals surface area contributed by atoms with E-state index in [0.717, 1.165) is 22.2 Å². The first-order chi connectivity index (χ1) is 15.4. The van der Waals surface area contributed by atoms with Gasteiger partial charge in [0.15, 0.2) is 12.2 Å². The Labute approximate surface area is 188 Å². The van der Waals surface area contributed by atoms with Crippen molar-refractivity contribution < 1.29 is 13.9 Å². The van der Waals surface area contributed by atoms with Gasteiger partial charge in [-0.1, -0.05) is 38.1 Å². The number of aryl methyl sites for hydroxylation is 2. The van der Waals surface area contributed by atoms with Crippen molar-refractivity contribution in [3.8, 4) is 17.2 Å². The zero-order chi connectivity index (χ0) is 22.7. The van der Waals surface area contributed by atoms with E-state index in [1.165, 1.54) is 16.7 Å². The fraction of sp³-hybridized carbons (Fsp3) is 0.259. The number of nitrogens with zero attached hydrogens (tertiary/aromatic N) is 1. The molecule has 5 heteroatoms. The van der Waals surface area contributed by atoms with Crippen LogP contribution >= 0.6 is 0 Å². The summed E-state index contributed by atoms with van der Waals surface area (Å²) in [4.78, 5) is 16.8. The van der Waals surface area contributed by atoms with Gasteiger partial charge >= 0.3 is 0 Å². The first-order valence-corrected chi connectivity index (χ1v) is 10.9. The Bertz CT molecular complexity index is 1180. The summed E-state index contributed by atoms with van der Waals surface area (Å²) in [5.74, 6) is 1.59. The molecule has 4 rings (SSSR count). The maximum atomic E-state index is 12.1. The zero-order valence-corrected chi connectivity index (χ0v) is 18.9. The molecule has 0 spiro atoms. The number of carbonyl (C=O) groups excluding carboxylic acids is 1. The largest absolute Gasteiger partial charge is 0.484 e. The van der Waals surface area contributed by atoms with Crippen LogP contribution in [0.25, 0.3) is 22.6 Å². The molecule has 0 unspecified atom stereocenters. The third kappa shape index (κ3) is 4.99. The summed E-state index contributed by atoms with van der Waals surface area (Å²) in [7, 11) is 0. The van der Waals surface area contributed by atoms with Crippen molar-refractivity contribution in [1.29, 1.82) is 0 Å². The van der Waals surface area contributed by atoms with Gasteiger partial charge < -0.3 is 14.5 Å². The van der Waals surface area contributed by atoms with Crippen molar-refractivity contribution in [1.82, 2.24) is 10.3 Å². The van der Waals surface area contributed by atoms with Crippen molar-refractivity contribution in [2.75, 3.05) is 6.61 Å². The lowest BCUT2D eigenvalue weighted by molar-refractivity contribution is -0.123. The standard InChI is InChI=1S/C27H28N2O3/c1-17(2)21-9-11-23(12-10-21)31-16-26(30)28-15-20-5-7-22(8-6-20)27-29-24-13-18(3)19(4)14-25(24)32-27/h5-14,17H,15-16H2,1-4H3,(H,28,30). The molecular weight excluding hydrogens is 400 g/mol. The predicted octanol–water partition coefficient (Wildman–Crippen LogP) is 5.93. The van der Waals surface area contributed by atoms with Gasteiger partial charge in [-0.15, -0.1) is 0 Å². The summed E-state index contributed by atoms with van der Waals surface area (Å²) in [6.45, 7) is 8.84. The van der Waals surface area contributed by atoms with Crippen molar-refractivity contribution in [3.05, 3.63) is 82.9 Å². The van der Waals surface area contributed by atoms with E-state index in [-0.39, 0.29) is 12.5 Å². The third-order valence-electron chi connectivity index (χ3n) is 5.61. The second-order valence-corrected chi connectivity index (χ2v) is 8.41. The molecular formula is C27H28N2O3. The number of hydrogen-bond acceptors (Lipinski definition) is 4. The van der Waals surface area contributed by atoms with Crippen LogP contribution in [0.1, 0.15) is 42.0 Å². The van der Waals surface area contributed by atoms with Crippen LogP contribution in [0.15, 0.2) is 65.1 Å². The average Bonchev–Trinajstić information content (AvgIpc) is 3.19. The highest BCUT2D eigenvalue weighted by Gasteiger charge is 2.10. The summed E-state index contributed by atoms with van der Waals surface area (Å²) in [5, 5.41) is 2.89. The molecule has 0 aliphatic heterocycles. The molecule has 0 bridgehead atoms. The molecule has 164 valence electrons. The molecule has 4 aromatic rings. The number of aromatic nitrogens is 1. The summed E-state index contributed by atoms with van der Waals surface area (Å²) < 4.78 is 11.5. The maximum absolute atomic E-state index is 12.1. The Balaban J connectivity index is 1.31. The number of hydrogen-bond donors (Lipinski definition) is 1. The van der Waals surface area contributed by atoms with Gasteiger partial charge in [-0.05, 0) is 78.4 Å². The number of carbonyl (C=O) groups is 1. The SMILES string of the molecule is Cc1cc2nc(-c3ccc(CNC(=O)COc4ccc(C(C)C)cc4)cc3)oc2cc1C. The molecule has 0 saturated heterocycles. The molecule has 3 aromatic carbocycles. The number of nitrogens with one attached hydrogen (secondary N) is 1. The van der Waals surface area contributed by atoms with Crippen molar-refractivity contribution in [3.63, 3.8) is 0 Å². The van der Waals surface area contributed by atoms with Gasteiger partial charge in [0.2, 0.25) is 5.89 Å². The molecule has 32 heavy (non-hydrogen) atoms. The lowest BCUT2D eigenvalue weighted by atomic mass is 10.0. The summed E-state index contributed by atoms with van der Waals surface area (Å²) >= 11 is 0. The number of fused-ring (bicyclic) bond motifs is 1. The fourth-order valence-electron chi connectivity index (χ4n) is 3.42. The topological polar surface area (TPSA) is 64.4 Å². The highest BCUT2D eigenvalue weighted by Crippen LogP contribution is 2.26. The van der Waals surface area contributed by atoms with Gasteiger partial charge in [0.05, 0.1) is 0 Å². The number of benzene rings is 3. The lowest BCUT2D eigenvalue weighted by Gasteiger charge is -2.09. The molecule has 0 aliphatic rings. The van der Waals surface area contributed by atoms with E-state index in [0.29, 0.717) is 24.1 Å². The van der Waals surface area contributed by atoms with Crippen LogP contribution in [0.2, 0.25) is 0 Å². The normalized spacial score (nSPS) is 11.2. The smallest absolute Gasteiger partial charge is 0.258 e. The summed E-state index contributed by atoms with van der Waals surface area (Å²) in [5.41, 5.74) is 7.17. The second-order valence-electron chi connectivity index (χ2n) is 8.41. The van der Waals surface area contributed by atoms with Gasteiger partial charge in [0, 0.05) is 12.1 Å². The molecule has 1 heterocycles. The first-order valence-electron chi connectivity index (χ1n) is 10.9. The Morgan fingerprint density at radius 2 is 1.69 bits per heavy atom. The third-order valence-corrected chi connectivity index (χ3v) is 5.61. The van der Waals surface area contributed by atoms with Crippen LogP contribution in [0.4, 0.5) is 0 Å². The summed E-state index contributed by atoms with van der Waals surface area (Å²) in [6.07, 6.45) is 0. The van der Waals surface area contributed by atoms with Crippen LogP contribution < -0.4 is 10.1 Å². The highest BCUT2D eigenvalue weighted by molar-refractivity contribution is 5.78. The minimum Gasteiger partial charge on any atom is -0.484 e. The Morgan fingerprint density at radius 3 is 2.38 bits per heavy atom. The second kappa shape index (κ2) is 9.27. The van der Waals surface area contributed by atoms with E-state index in [4.69, 9.17) is 9.15 Å². The first kappa shape index (κ1) is 21.6. The Morgan fingerprint density at radius 1 is 1.00 bits per heavy atom. The van der Waals surface area contributed by atoms with Crippen molar-refractivity contribution in [2.45, 2.75) is 40.2 Å². The maximum Gasteiger partial charge on any atom is 0.258 e. The predicted molar refractivity (Wildman–Crippen MR) is 127 cm³/mol. The minimum atomic E-state index is -0.160. The van der Waals surface area contributed by atoms with Gasteiger partial charge in [-0.3, -0.25) is 4.79 Å². The zero-order valence-electron chi connectivity index (χ0n) is 18.9. The van der Waals surface area contributed by atoms with Crippen LogP contribution in [0, 0.1) is 13.8 Å². The summed E-state index contributed by atoms with van der Waals surface area (Å²) in [6, 6.07) is 19.8. The lowest BCUT2D eigenvalue weighted by Crippen LogP contribution is -2.28. The number of amides is 1. The van der Waals surface area contributed by atoms with Crippen molar-refractivity contribution >= 4 is 17.0 Å². The fourth-order valence-corrected chi connectivity index (χ4v) is 3.42. The van der Waals surface area contributed by atoms with Crippen LogP contribution in [-0.4, -0.2) is 17.5 Å². The minimum absolute atomic E-state index is 0.0130. The van der Waals surface area contributed by atoms with E-state index < -0.39 is 0 Å². The van der Waals surface area contributed by atoms with Gasteiger partial charge in [-0.25, -0.2) is 4.98 Å². The van der Waals surface area contributed by atoms with Crippen LogP contribution in [-0.2, 0) is 11.3 Å². The quantitative estimate of drug-likeness (QED) is 0.396. The number of ether oxygens (including phenoxy) is 1. The van der Waals surface area contributed by atoms with Crippen LogP contribution in [0.3, 0.4) is 0 Å². The van der Waals surface area contributed by atoms with E-state index in [9.17, 15) is 4.79 Å². The van der Waals surface area contributed by atoms with Gasteiger partial charge in [0.25, 0.3) is 5.91 Å². The molecule has 0 saturated carbocycles. The number of oxazole rings is 1. The molecule has 0 atom stereocenters. The molecule has 0 radical (unpaired) electrons. The highest BCUT2D eigenvalue weighted by atomic mass is 16.5. The van der Waals surface area contributed by atoms with E-state index in [1.54, 1.807) is 0 Å². The molecule has 1 amide bonds. The van der Waals surface area contributed by atoms with E-state index >= 15 is 0 Å². The molecule has 0 fully saturated rings. The Kier molecular flexibility index (Phi) is 6.26. The van der Waals surface area contributed by atoms with E-state index in [2.05, 4.69) is 38.0 Å². The molecule has 0 aliphatic carbocycles.